The van der Waals surface area contributed by atoms with E-state index < -0.39 is 0 Å². The smallest absolute Gasteiger partial charge is 0.213 e. The molecule has 0 bridgehead atoms. The quantitative estimate of drug-likeness (QED) is 0.672. The Balaban J connectivity index is 1.76. The molecule has 1 atom stereocenters. The lowest BCUT2D eigenvalue weighted by Gasteiger charge is -2.46. The first-order valence-electron chi connectivity index (χ1n) is 8.81. The third-order valence-corrected chi connectivity index (χ3v) is 4.74. The van der Waals surface area contributed by atoms with E-state index >= 15 is 0 Å². The molecule has 0 saturated carbocycles. The van der Waals surface area contributed by atoms with Crippen LogP contribution >= 0.6 is 0 Å². The van der Waals surface area contributed by atoms with Crippen LogP contribution in [0.4, 0.5) is 5.69 Å². The molecule has 2 heterocycles. The molecule has 1 saturated heterocycles. The molecule has 0 aliphatic carbocycles. The number of nitrogens with zero attached hydrogens (tertiary/aromatic N) is 4. The molecule has 1 unspecified atom stereocenters. The van der Waals surface area contributed by atoms with Crippen molar-refractivity contribution in [2.24, 2.45) is 0 Å². The van der Waals surface area contributed by atoms with Gasteiger partial charge in [-0.3, -0.25) is 19.5 Å². The van der Waals surface area contributed by atoms with Gasteiger partial charge < -0.3 is 9.80 Å². The van der Waals surface area contributed by atoms with Gasteiger partial charge in [-0.2, -0.15) is 0 Å². The maximum Gasteiger partial charge on any atom is 0.213 e. The highest BCUT2D eigenvalue weighted by Gasteiger charge is 2.31. The average Bonchev–Trinajstić information content (AvgIpc) is 2.70. The summed E-state index contributed by atoms with van der Waals surface area (Å²) in [6, 6.07) is 14.0. The zero-order chi connectivity index (χ0) is 18.2. The van der Waals surface area contributed by atoms with E-state index in [-0.39, 0.29) is 12.7 Å². The maximum absolute atomic E-state index is 11.9. The number of hydrogen-bond acceptors (Lipinski definition) is 5. The van der Waals surface area contributed by atoms with Crippen molar-refractivity contribution in [1.29, 1.82) is 0 Å². The first kappa shape index (κ1) is 18.1. The van der Waals surface area contributed by atoms with Crippen LogP contribution in [0.25, 0.3) is 0 Å². The molecule has 0 N–H and O–H groups in total. The van der Waals surface area contributed by atoms with Gasteiger partial charge in [0.25, 0.3) is 0 Å². The normalized spacial score (nSPS) is 17.7. The van der Waals surface area contributed by atoms with Crippen molar-refractivity contribution in [1.82, 2.24) is 14.8 Å². The van der Waals surface area contributed by atoms with Crippen molar-refractivity contribution in [3.63, 3.8) is 0 Å². The van der Waals surface area contributed by atoms with Gasteiger partial charge in [0.1, 0.15) is 6.17 Å². The minimum absolute atomic E-state index is 0.124. The summed E-state index contributed by atoms with van der Waals surface area (Å²) in [4.78, 5) is 32.8. The molecule has 1 radical (unpaired) electrons. The van der Waals surface area contributed by atoms with Crippen molar-refractivity contribution in [3.8, 4) is 0 Å². The van der Waals surface area contributed by atoms with Gasteiger partial charge in [-0.05, 0) is 24.1 Å². The summed E-state index contributed by atoms with van der Waals surface area (Å²) < 4.78 is 0. The van der Waals surface area contributed by atoms with E-state index in [9.17, 15) is 9.59 Å². The second-order valence-corrected chi connectivity index (χ2v) is 6.34. The molecule has 1 fully saturated rings. The molecule has 1 aliphatic heterocycles. The fourth-order valence-electron chi connectivity index (χ4n) is 3.35. The van der Waals surface area contributed by atoms with Gasteiger partial charge in [0.15, 0.2) is 0 Å². The Morgan fingerprint density at radius 3 is 2.62 bits per heavy atom. The predicted octanol–water partition coefficient (Wildman–Crippen LogP) is 1.34. The molecule has 26 heavy (non-hydrogen) atoms. The fraction of sp³-hybridized carbons (Fsp3) is 0.350. The molecule has 1 aliphatic rings. The van der Waals surface area contributed by atoms with Crippen LogP contribution in [-0.4, -0.2) is 66.4 Å². The van der Waals surface area contributed by atoms with Crippen LogP contribution in [0.2, 0.25) is 0 Å². The van der Waals surface area contributed by atoms with Gasteiger partial charge in [-0.25, -0.2) is 0 Å². The second kappa shape index (κ2) is 9.10. The molecule has 2 aromatic rings. The van der Waals surface area contributed by atoms with Crippen molar-refractivity contribution < 1.29 is 9.59 Å². The van der Waals surface area contributed by atoms with Crippen LogP contribution in [0.5, 0.6) is 0 Å². The number of carbonyl (C=O) groups is 1. The van der Waals surface area contributed by atoms with Gasteiger partial charge in [0.2, 0.25) is 12.7 Å². The lowest BCUT2D eigenvalue weighted by atomic mass is 10.1. The van der Waals surface area contributed by atoms with Gasteiger partial charge in [0, 0.05) is 44.3 Å². The van der Waals surface area contributed by atoms with Crippen molar-refractivity contribution in [3.05, 3.63) is 60.4 Å². The lowest BCUT2D eigenvalue weighted by molar-refractivity contribution is -0.121. The standard InChI is InChI=1S/C20H23N4O2/c25-15-14-22-12-13-24(19-6-9-21-10-7-19)20(16-22)23(17-26)11-8-18-4-2-1-3-5-18/h1-7,9-10,17,20H,8,11-14,16H2. The molecular weight excluding hydrogens is 328 g/mol. The number of rotatable bonds is 8. The third-order valence-electron chi connectivity index (χ3n) is 4.74. The number of aromatic nitrogens is 1. The highest BCUT2D eigenvalue weighted by atomic mass is 16.1. The summed E-state index contributed by atoms with van der Waals surface area (Å²) in [6.45, 7) is 3.01. The van der Waals surface area contributed by atoms with E-state index in [1.54, 1.807) is 12.4 Å². The number of benzene rings is 1. The van der Waals surface area contributed by atoms with E-state index in [1.807, 2.05) is 46.4 Å². The largest absolute Gasteiger partial charge is 0.349 e. The zero-order valence-electron chi connectivity index (χ0n) is 14.7. The first-order chi connectivity index (χ1) is 12.8. The van der Waals surface area contributed by atoms with E-state index in [4.69, 9.17) is 0 Å². The monoisotopic (exact) mass is 351 g/mol. The van der Waals surface area contributed by atoms with E-state index in [1.165, 1.54) is 5.56 Å². The Morgan fingerprint density at radius 1 is 1.15 bits per heavy atom. The van der Waals surface area contributed by atoms with Gasteiger partial charge in [-0.1, -0.05) is 30.3 Å². The van der Waals surface area contributed by atoms with Crippen LogP contribution in [0, 0.1) is 0 Å². The Labute approximate surface area is 154 Å². The highest BCUT2D eigenvalue weighted by Crippen LogP contribution is 2.21. The molecule has 135 valence electrons. The number of pyridine rings is 1. The molecule has 0 spiro atoms. The Kier molecular flexibility index (Phi) is 6.33. The molecular formula is C20H23N4O2. The minimum Gasteiger partial charge on any atom is -0.349 e. The lowest BCUT2D eigenvalue weighted by Crippen LogP contribution is -2.60. The van der Waals surface area contributed by atoms with Crippen molar-refractivity contribution in [2.45, 2.75) is 12.6 Å². The minimum atomic E-state index is -0.124. The Morgan fingerprint density at radius 2 is 1.92 bits per heavy atom. The van der Waals surface area contributed by atoms with Gasteiger partial charge in [-0.15, -0.1) is 0 Å². The predicted molar refractivity (Wildman–Crippen MR) is 100 cm³/mol. The van der Waals surface area contributed by atoms with Gasteiger partial charge in [0.05, 0.1) is 6.54 Å². The molecule has 1 amide bonds. The van der Waals surface area contributed by atoms with Crippen LogP contribution in [0.15, 0.2) is 54.9 Å². The SMILES string of the molecule is O=[C]CN1CCN(c2ccncc2)C(N(C=O)CCc2ccccc2)C1. The number of piperazine rings is 1. The molecule has 1 aromatic heterocycles. The van der Waals surface area contributed by atoms with E-state index in [0.29, 0.717) is 13.1 Å². The summed E-state index contributed by atoms with van der Waals surface area (Å²) in [5.74, 6) is 0. The van der Waals surface area contributed by atoms with Crippen LogP contribution < -0.4 is 4.90 Å². The van der Waals surface area contributed by atoms with E-state index in [0.717, 1.165) is 31.6 Å². The fourth-order valence-corrected chi connectivity index (χ4v) is 3.35. The molecule has 6 nitrogen and oxygen atoms in total. The summed E-state index contributed by atoms with van der Waals surface area (Å²) in [5.41, 5.74) is 2.23. The summed E-state index contributed by atoms with van der Waals surface area (Å²) in [5, 5.41) is 0. The first-order valence-corrected chi connectivity index (χ1v) is 8.81. The topological polar surface area (TPSA) is 56.8 Å². The molecule has 1 aromatic carbocycles. The number of amides is 1. The Hall–Kier alpha value is -2.73. The number of hydrogen-bond donors (Lipinski definition) is 0. The summed E-state index contributed by atoms with van der Waals surface area (Å²) >= 11 is 0. The maximum atomic E-state index is 11.9. The Bertz CT molecular complexity index is 695. The summed E-state index contributed by atoms with van der Waals surface area (Å²) in [6.07, 6.45) is 7.06. The molecule has 6 heteroatoms. The van der Waals surface area contributed by atoms with Crippen molar-refractivity contribution in [2.75, 3.05) is 37.6 Å². The van der Waals surface area contributed by atoms with Crippen LogP contribution in [-0.2, 0) is 16.0 Å². The molecule has 3 rings (SSSR count). The number of anilines is 1. The van der Waals surface area contributed by atoms with Gasteiger partial charge >= 0.3 is 0 Å². The van der Waals surface area contributed by atoms with Crippen molar-refractivity contribution >= 4 is 18.4 Å². The van der Waals surface area contributed by atoms with E-state index in [2.05, 4.69) is 22.0 Å². The van der Waals surface area contributed by atoms with Crippen LogP contribution in [0.3, 0.4) is 0 Å². The zero-order valence-corrected chi connectivity index (χ0v) is 14.7. The van der Waals surface area contributed by atoms with Crippen LogP contribution in [0.1, 0.15) is 5.56 Å². The average molecular weight is 351 g/mol. The second-order valence-electron chi connectivity index (χ2n) is 6.34. The highest BCUT2D eigenvalue weighted by molar-refractivity contribution is 5.55. The summed E-state index contributed by atoms with van der Waals surface area (Å²) in [7, 11) is 0. The third kappa shape index (κ3) is 4.46. The number of carbonyl (C=O) groups excluding carboxylic acids is 2.